The summed E-state index contributed by atoms with van der Waals surface area (Å²) in [5.74, 6) is 1.44. The zero-order chi connectivity index (χ0) is 22.6. The molecule has 188 valence electrons. The Bertz CT molecular complexity index is 755. The second kappa shape index (κ2) is 16.7. The fraction of sp³-hybridized carbons (Fsp3) is 0.545. The highest BCUT2D eigenvalue weighted by atomic mass is 32.2. The Hall–Kier alpha value is -1.95. The highest BCUT2D eigenvalue weighted by Crippen LogP contribution is 2.55. The SMILES string of the molecule is CC.CCCNO.CSC1(c2cc(N[C@@H](C)CO)nc(-c3ccc(N)cc3)n2)CC1.O.O.[HH].[HH]. The molecule has 1 saturated carbocycles. The van der Waals surface area contributed by atoms with Crippen molar-refractivity contribution in [2.24, 2.45) is 0 Å². The maximum absolute atomic E-state index is 9.28. The van der Waals surface area contributed by atoms with Crippen LogP contribution in [-0.4, -0.2) is 56.7 Å². The molecule has 0 saturated heterocycles. The second-order valence-corrected chi connectivity index (χ2v) is 8.11. The van der Waals surface area contributed by atoms with E-state index in [0.717, 1.165) is 42.0 Å². The summed E-state index contributed by atoms with van der Waals surface area (Å²) in [5, 5.41) is 20.3. The third kappa shape index (κ3) is 9.68. The first-order chi connectivity index (χ1) is 14.5. The van der Waals surface area contributed by atoms with Gasteiger partial charge in [-0.1, -0.05) is 20.8 Å². The Balaban J connectivity index is -0.000000366. The van der Waals surface area contributed by atoms with Gasteiger partial charge in [0.25, 0.3) is 0 Å². The van der Waals surface area contributed by atoms with Crippen molar-refractivity contribution in [2.45, 2.75) is 57.7 Å². The van der Waals surface area contributed by atoms with Crippen LogP contribution in [0.15, 0.2) is 30.3 Å². The molecule has 1 heterocycles. The van der Waals surface area contributed by atoms with Crippen molar-refractivity contribution in [3.05, 3.63) is 36.0 Å². The number of hydroxylamine groups is 1. The van der Waals surface area contributed by atoms with Gasteiger partial charge < -0.3 is 32.3 Å². The van der Waals surface area contributed by atoms with Gasteiger partial charge in [-0.15, -0.1) is 0 Å². The number of nitrogens with one attached hydrogen (secondary N) is 2. The number of aliphatic hydroxyl groups excluding tert-OH is 1. The van der Waals surface area contributed by atoms with E-state index in [-0.39, 0.29) is 31.2 Å². The molecule has 0 bridgehead atoms. The Labute approximate surface area is 198 Å². The van der Waals surface area contributed by atoms with E-state index in [9.17, 15) is 5.11 Å². The number of benzene rings is 1. The summed E-state index contributed by atoms with van der Waals surface area (Å²) in [6.07, 6.45) is 5.39. The van der Waals surface area contributed by atoms with E-state index < -0.39 is 0 Å². The molecule has 2 aromatic rings. The average Bonchev–Trinajstić information content (AvgIpc) is 3.58. The minimum Gasteiger partial charge on any atom is -0.412 e. The fourth-order valence-electron chi connectivity index (χ4n) is 2.60. The number of nitrogens with zero attached hydrogens (tertiary/aromatic N) is 2. The van der Waals surface area contributed by atoms with Crippen molar-refractivity contribution in [1.29, 1.82) is 0 Å². The zero-order valence-electron chi connectivity index (χ0n) is 19.8. The lowest BCUT2D eigenvalue weighted by atomic mass is 10.1. The molecule has 10 N–H and O–H groups in total. The van der Waals surface area contributed by atoms with Gasteiger partial charge in [0.05, 0.1) is 17.0 Å². The van der Waals surface area contributed by atoms with Gasteiger partial charge in [-0.3, -0.25) is 0 Å². The Morgan fingerprint density at radius 2 is 1.78 bits per heavy atom. The minimum atomic E-state index is -0.0542. The van der Waals surface area contributed by atoms with Gasteiger partial charge in [-0.25, -0.2) is 15.4 Å². The number of hydrogen-bond donors (Lipinski definition) is 5. The van der Waals surface area contributed by atoms with Gasteiger partial charge in [0, 0.05) is 32.8 Å². The van der Waals surface area contributed by atoms with Crippen LogP contribution in [-0.2, 0) is 4.75 Å². The molecule has 32 heavy (non-hydrogen) atoms. The van der Waals surface area contributed by atoms with E-state index >= 15 is 0 Å². The number of hydrogen-bond acceptors (Lipinski definition) is 8. The summed E-state index contributed by atoms with van der Waals surface area (Å²) in [6.45, 7) is 8.67. The lowest BCUT2D eigenvalue weighted by Gasteiger charge is -2.17. The predicted molar refractivity (Wildman–Crippen MR) is 139 cm³/mol. The Morgan fingerprint density at radius 1 is 1.19 bits per heavy atom. The van der Waals surface area contributed by atoms with Gasteiger partial charge in [-0.05, 0) is 56.7 Å². The first-order valence-electron chi connectivity index (χ1n) is 10.5. The van der Waals surface area contributed by atoms with E-state index in [2.05, 4.69) is 16.6 Å². The second-order valence-electron chi connectivity index (χ2n) is 6.92. The van der Waals surface area contributed by atoms with E-state index in [4.69, 9.17) is 15.9 Å². The number of anilines is 2. The van der Waals surface area contributed by atoms with Crippen LogP contribution in [0.25, 0.3) is 11.4 Å². The molecule has 1 fully saturated rings. The monoisotopic (exact) mass is 475 g/mol. The lowest BCUT2D eigenvalue weighted by molar-refractivity contribution is 0.167. The largest absolute Gasteiger partial charge is 0.412 e. The Kier molecular flexibility index (Phi) is 16.8. The molecule has 3 rings (SSSR count). The summed E-state index contributed by atoms with van der Waals surface area (Å²) < 4.78 is 0.115. The molecule has 1 aromatic heterocycles. The number of aliphatic hydroxyl groups is 1. The third-order valence-corrected chi connectivity index (χ3v) is 5.89. The van der Waals surface area contributed by atoms with Crippen LogP contribution >= 0.6 is 11.8 Å². The normalized spacial score (nSPS) is 13.6. The first kappa shape index (κ1) is 32.2. The van der Waals surface area contributed by atoms with Gasteiger partial charge in [0.15, 0.2) is 5.82 Å². The van der Waals surface area contributed by atoms with E-state index in [0.29, 0.717) is 12.4 Å². The van der Waals surface area contributed by atoms with Crippen molar-refractivity contribution in [2.75, 3.05) is 30.5 Å². The summed E-state index contributed by atoms with van der Waals surface area (Å²) in [5.41, 5.74) is 10.5. The van der Waals surface area contributed by atoms with Gasteiger partial charge in [0.2, 0.25) is 0 Å². The smallest absolute Gasteiger partial charge is 0.161 e. The number of rotatable bonds is 8. The van der Waals surface area contributed by atoms with E-state index in [1.165, 1.54) is 0 Å². The quantitative estimate of drug-likeness (QED) is 0.285. The molecule has 0 aliphatic heterocycles. The predicted octanol–water partition coefficient (Wildman–Crippen LogP) is 3.11. The van der Waals surface area contributed by atoms with Crippen LogP contribution in [0.3, 0.4) is 0 Å². The van der Waals surface area contributed by atoms with Crippen molar-refractivity contribution < 1.29 is 24.1 Å². The van der Waals surface area contributed by atoms with Gasteiger partial charge in [-0.2, -0.15) is 11.8 Å². The third-order valence-electron chi connectivity index (χ3n) is 4.49. The molecule has 0 spiro atoms. The molecule has 9 nitrogen and oxygen atoms in total. The lowest BCUT2D eigenvalue weighted by Crippen LogP contribution is -2.21. The average molecular weight is 476 g/mol. The number of thioether (sulfide) groups is 1. The van der Waals surface area contributed by atoms with E-state index in [1.54, 1.807) is 0 Å². The van der Waals surface area contributed by atoms with Gasteiger partial charge in [0.1, 0.15) is 5.82 Å². The first-order valence-corrected chi connectivity index (χ1v) is 11.8. The number of aromatic nitrogens is 2. The Morgan fingerprint density at radius 3 is 2.19 bits per heavy atom. The maximum atomic E-state index is 9.28. The van der Waals surface area contributed by atoms with Crippen LogP contribution in [0.4, 0.5) is 11.5 Å². The highest BCUT2D eigenvalue weighted by molar-refractivity contribution is 7.99. The van der Waals surface area contributed by atoms with Crippen molar-refractivity contribution in [1.82, 2.24) is 15.4 Å². The van der Waals surface area contributed by atoms with Crippen LogP contribution < -0.4 is 16.5 Å². The van der Waals surface area contributed by atoms with Crippen LogP contribution in [0.1, 0.15) is 55.5 Å². The van der Waals surface area contributed by atoms with Crippen LogP contribution in [0.2, 0.25) is 0 Å². The molecule has 1 aliphatic carbocycles. The van der Waals surface area contributed by atoms with Crippen LogP contribution in [0.5, 0.6) is 0 Å². The van der Waals surface area contributed by atoms with Crippen LogP contribution in [0, 0.1) is 0 Å². The molecule has 0 unspecified atom stereocenters. The molecular weight excluding hydrogens is 430 g/mol. The standard InChI is InChI=1S/C17H22N4OS.C3H9NO.C2H6.2H2O.2H2/c1-11(10-22)19-15-9-14(17(23-2)7-8-17)20-16(21-15)12-3-5-13(18)6-4-12;1-2-3-4-5;1-2;;;;/h3-6,9,11,22H,7-8,10,18H2,1-2H3,(H,19,20,21);4-5H,2-3H2,1H3;1-2H3;2*1H2;2*1H/t11-;;;;;;/m0....../s1. The minimum absolute atomic E-state index is 0. The summed E-state index contributed by atoms with van der Waals surface area (Å²) >= 11 is 1.84. The van der Waals surface area contributed by atoms with E-state index in [1.807, 2.05) is 75.3 Å². The molecule has 0 amide bonds. The zero-order valence-corrected chi connectivity index (χ0v) is 20.6. The molecule has 1 atom stereocenters. The molecule has 1 aromatic carbocycles. The van der Waals surface area contributed by atoms with Crippen molar-refractivity contribution in [3.63, 3.8) is 0 Å². The van der Waals surface area contributed by atoms with Gasteiger partial charge >= 0.3 is 0 Å². The summed E-state index contributed by atoms with van der Waals surface area (Å²) in [4.78, 5) is 9.41. The summed E-state index contributed by atoms with van der Waals surface area (Å²) in [6, 6.07) is 9.54. The number of nitrogen functional groups attached to an aromatic ring is 1. The molecule has 0 radical (unpaired) electrons. The van der Waals surface area contributed by atoms with Crippen molar-refractivity contribution >= 4 is 23.3 Å². The summed E-state index contributed by atoms with van der Waals surface area (Å²) in [7, 11) is 0. The molecular formula is C22H45N5O4S. The van der Waals surface area contributed by atoms with Crippen molar-refractivity contribution in [3.8, 4) is 11.4 Å². The molecule has 1 aliphatic rings. The topological polar surface area (TPSA) is 179 Å². The highest BCUT2D eigenvalue weighted by Gasteiger charge is 2.45. The molecule has 10 heteroatoms. The number of nitrogens with two attached hydrogens (primary N) is 1. The maximum Gasteiger partial charge on any atom is 0.161 e. The fourth-order valence-corrected chi connectivity index (χ4v) is 3.43.